The predicted molar refractivity (Wildman–Crippen MR) is 71.3 cm³/mol. The van der Waals surface area contributed by atoms with Crippen LogP contribution in [0.15, 0.2) is 6.07 Å². The molecule has 5 heteroatoms. The van der Waals surface area contributed by atoms with Crippen molar-refractivity contribution in [1.82, 2.24) is 15.3 Å². The minimum absolute atomic E-state index is 0.00140. The molecule has 1 saturated carbocycles. The van der Waals surface area contributed by atoms with Crippen molar-refractivity contribution in [3.8, 4) is 0 Å². The Morgan fingerprint density at radius 2 is 2.05 bits per heavy atom. The van der Waals surface area contributed by atoms with Crippen LogP contribution in [0.25, 0.3) is 0 Å². The monoisotopic (exact) mass is 263 g/mol. The van der Waals surface area contributed by atoms with E-state index in [1.807, 2.05) is 19.9 Å². The van der Waals surface area contributed by atoms with Crippen LogP contribution < -0.4 is 5.32 Å². The van der Waals surface area contributed by atoms with Crippen LogP contribution in [0.2, 0.25) is 0 Å². The highest BCUT2D eigenvalue weighted by Crippen LogP contribution is 2.24. The predicted octanol–water partition coefficient (Wildman–Crippen LogP) is 1.26. The fourth-order valence-corrected chi connectivity index (χ4v) is 2.59. The first kappa shape index (κ1) is 13.9. The second-order valence-electron chi connectivity index (χ2n) is 5.30. The first-order valence-electron chi connectivity index (χ1n) is 6.81. The van der Waals surface area contributed by atoms with Crippen LogP contribution in [0.5, 0.6) is 0 Å². The number of amides is 1. The van der Waals surface area contributed by atoms with Gasteiger partial charge >= 0.3 is 0 Å². The summed E-state index contributed by atoms with van der Waals surface area (Å²) in [6.07, 6.45) is 2.82. The second-order valence-corrected chi connectivity index (χ2v) is 5.30. The SMILES string of the molecule is Cc1cc(C)nc(CNC(=O)[C@H]2CCC[C@H](O)C2)n1. The number of nitrogens with zero attached hydrogens (tertiary/aromatic N) is 2. The number of nitrogens with one attached hydrogen (secondary N) is 1. The second kappa shape index (κ2) is 6.10. The molecule has 1 aromatic heterocycles. The molecule has 0 radical (unpaired) electrons. The Morgan fingerprint density at radius 1 is 1.37 bits per heavy atom. The summed E-state index contributed by atoms with van der Waals surface area (Å²) in [7, 11) is 0. The summed E-state index contributed by atoms with van der Waals surface area (Å²) in [6, 6.07) is 1.91. The molecule has 1 aliphatic rings. The van der Waals surface area contributed by atoms with Crippen LogP contribution in [0.3, 0.4) is 0 Å². The van der Waals surface area contributed by atoms with Crippen LogP contribution in [-0.4, -0.2) is 27.1 Å². The topological polar surface area (TPSA) is 75.1 Å². The fourth-order valence-electron chi connectivity index (χ4n) is 2.59. The van der Waals surface area contributed by atoms with E-state index in [-0.39, 0.29) is 17.9 Å². The molecular formula is C14H21N3O2. The van der Waals surface area contributed by atoms with Gasteiger partial charge in [0.2, 0.25) is 5.91 Å². The smallest absolute Gasteiger partial charge is 0.223 e. The molecule has 1 fully saturated rings. The number of aromatic nitrogens is 2. The van der Waals surface area contributed by atoms with Crippen LogP contribution >= 0.6 is 0 Å². The molecule has 1 aromatic rings. The standard InChI is InChI=1S/C14H21N3O2/c1-9-6-10(2)17-13(16-9)8-15-14(19)11-4-3-5-12(18)7-11/h6,11-12,18H,3-5,7-8H2,1-2H3,(H,15,19)/t11-,12-/m0/s1. The third kappa shape index (κ3) is 3.99. The van der Waals surface area contributed by atoms with Gasteiger partial charge in [0.25, 0.3) is 0 Å². The van der Waals surface area contributed by atoms with E-state index in [9.17, 15) is 9.90 Å². The number of rotatable bonds is 3. The molecule has 0 aliphatic heterocycles. The summed E-state index contributed by atoms with van der Waals surface area (Å²) in [5, 5.41) is 12.5. The molecule has 1 heterocycles. The number of hydrogen-bond donors (Lipinski definition) is 2. The summed E-state index contributed by atoms with van der Waals surface area (Å²) < 4.78 is 0. The van der Waals surface area contributed by atoms with Gasteiger partial charge in [-0.3, -0.25) is 4.79 Å². The quantitative estimate of drug-likeness (QED) is 0.861. The highest BCUT2D eigenvalue weighted by Gasteiger charge is 2.25. The van der Waals surface area contributed by atoms with E-state index in [1.54, 1.807) is 0 Å². The van der Waals surface area contributed by atoms with Gasteiger partial charge in [0.1, 0.15) is 5.82 Å². The zero-order chi connectivity index (χ0) is 13.8. The maximum absolute atomic E-state index is 12.0. The van der Waals surface area contributed by atoms with E-state index in [4.69, 9.17) is 0 Å². The summed E-state index contributed by atoms with van der Waals surface area (Å²) in [6.45, 7) is 4.18. The molecule has 0 saturated heterocycles. The number of aliphatic hydroxyl groups excluding tert-OH is 1. The van der Waals surface area contributed by atoms with E-state index in [2.05, 4.69) is 15.3 Å². The van der Waals surface area contributed by atoms with Crippen molar-refractivity contribution in [3.63, 3.8) is 0 Å². The van der Waals surface area contributed by atoms with E-state index < -0.39 is 0 Å². The lowest BCUT2D eigenvalue weighted by Crippen LogP contribution is -2.35. The van der Waals surface area contributed by atoms with Gasteiger partial charge < -0.3 is 10.4 Å². The molecule has 0 unspecified atom stereocenters. The Labute approximate surface area is 113 Å². The van der Waals surface area contributed by atoms with Crippen molar-refractivity contribution in [2.45, 2.75) is 52.2 Å². The molecule has 0 aromatic carbocycles. The molecule has 0 spiro atoms. The van der Waals surface area contributed by atoms with Gasteiger partial charge in [-0.2, -0.15) is 0 Å². The molecule has 5 nitrogen and oxygen atoms in total. The van der Waals surface area contributed by atoms with E-state index in [0.29, 0.717) is 18.8 Å². The third-order valence-corrected chi connectivity index (χ3v) is 3.47. The molecule has 1 aliphatic carbocycles. The molecule has 2 atom stereocenters. The molecule has 2 N–H and O–H groups in total. The summed E-state index contributed by atoms with van der Waals surface area (Å²) in [4.78, 5) is 20.6. The minimum Gasteiger partial charge on any atom is -0.393 e. The van der Waals surface area contributed by atoms with Crippen LogP contribution in [0.4, 0.5) is 0 Å². The summed E-state index contributed by atoms with van der Waals surface area (Å²) in [5.74, 6) is 0.568. The van der Waals surface area contributed by atoms with E-state index in [1.165, 1.54) is 0 Å². The van der Waals surface area contributed by atoms with Crippen molar-refractivity contribution in [2.24, 2.45) is 5.92 Å². The Kier molecular flexibility index (Phi) is 4.47. The molecule has 19 heavy (non-hydrogen) atoms. The zero-order valence-corrected chi connectivity index (χ0v) is 11.5. The number of carbonyl (C=O) groups excluding carboxylic acids is 1. The Balaban J connectivity index is 1.89. The van der Waals surface area contributed by atoms with Crippen LogP contribution in [-0.2, 0) is 11.3 Å². The van der Waals surface area contributed by atoms with Gasteiger partial charge in [0.05, 0.1) is 12.6 Å². The largest absolute Gasteiger partial charge is 0.393 e. The number of carbonyl (C=O) groups is 1. The average Bonchev–Trinajstić information content (AvgIpc) is 2.35. The van der Waals surface area contributed by atoms with Gasteiger partial charge in [-0.25, -0.2) is 9.97 Å². The highest BCUT2D eigenvalue weighted by atomic mass is 16.3. The highest BCUT2D eigenvalue weighted by molar-refractivity contribution is 5.78. The molecule has 104 valence electrons. The van der Waals surface area contributed by atoms with Crippen LogP contribution in [0.1, 0.15) is 42.9 Å². The van der Waals surface area contributed by atoms with E-state index >= 15 is 0 Å². The third-order valence-electron chi connectivity index (χ3n) is 3.47. The van der Waals surface area contributed by atoms with Gasteiger partial charge in [-0.1, -0.05) is 6.42 Å². The summed E-state index contributed by atoms with van der Waals surface area (Å²) >= 11 is 0. The Bertz CT molecular complexity index is 442. The normalized spacial score (nSPS) is 23.1. The number of aliphatic hydroxyl groups is 1. The van der Waals surface area contributed by atoms with Crippen LogP contribution in [0, 0.1) is 19.8 Å². The first-order valence-corrected chi connectivity index (χ1v) is 6.81. The van der Waals surface area contributed by atoms with Crippen molar-refractivity contribution in [3.05, 3.63) is 23.3 Å². The van der Waals surface area contributed by atoms with Crippen molar-refractivity contribution >= 4 is 5.91 Å². The van der Waals surface area contributed by atoms with Crippen molar-refractivity contribution in [2.75, 3.05) is 0 Å². The van der Waals surface area contributed by atoms with Crippen molar-refractivity contribution < 1.29 is 9.90 Å². The molecule has 2 rings (SSSR count). The summed E-state index contributed by atoms with van der Waals surface area (Å²) in [5.41, 5.74) is 1.81. The maximum Gasteiger partial charge on any atom is 0.223 e. The molecule has 0 bridgehead atoms. The lowest BCUT2D eigenvalue weighted by Gasteiger charge is -2.24. The zero-order valence-electron chi connectivity index (χ0n) is 11.5. The first-order chi connectivity index (χ1) is 9.04. The number of aryl methyl sites for hydroxylation is 2. The minimum atomic E-state index is -0.332. The van der Waals surface area contributed by atoms with Gasteiger partial charge in [-0.05, 0) is 39.2 Å². The van der Waals surface area contributed by atoms with Gasteiger partial charge in [0.15, 0.2) is 0 Å². The Hall–Kier alpha value is -1.49. The van der Waals surface area contributed by atoms with Gasteiger partial charge in [0, 0.05) is 17.3 Å². The lowest BCUT2D eigenvalue weighted by atomic mass is 9.87. The lowest BCUT2D eigenvalue weighted by molar-refractivity contribution is -0.127. The average molecular weight is 263 g/mol. The fraction of sp³-hybridized carbons (Fsp3) is 0.643. The van der Waals surface area contributed by atoms with Crippen molar-refractivity contribution in [1.29, 1.82) is 0 Å². The molecule has 1 amide bonds. The number of hydrogen-bond acceptors (Lipinski definition) is 4. The maximum atomic E-state index is 12.0. The molecular weight excluding hydrogens is 242 g/mol. The van der Waals surface area contributed by atoms with Gasteiger partial charge in [-0.15, -0.1) is 0 Å². The van der Waals surface area contributed by atoms with E-state index in [0.717, 1.165) is 30.7 Å². The Morgan fingerprint density at radius 3 is 2.68 bits per heavy atom.